The fourth-order valence-corrected chi connectivity index (χ4v) is 4.21. The number of unbranched alkanes of at least 4 members (excludes halogenated alkanes) is 2. The summed E-state index contributed by atoms with van der Waals surface area (Å²) in [6.45, 7) is 3.30. The van der Waals surface area contributed by atoms with Crippen molar-refractivity contribution in [2.45, 2.75) is 51.5 Å². The van der Waals surface area contributed by atoms with E-state index in [2.05, 4.69) is 15.2 Å². The molecule has 3 aromatic rings. The number of Topliss-reactive ketones (excluding diaryl/α,β-unsaturated/α-hetero) is 1. The van der Waals surface area contributed by atoms with E-state index in [9.17, 15) is 9.59 Å². The predicted molar refractivity (Wildman–Crippen MR) is 136 cm³/mol. The number of carbonyl (C=O) groups is 2. The number of oxazole rings is 1. The SMILES string of the molecule is CCC(=O)CCCCCC(NC(=O)c1ccc2c(c1)OCCN2C)c1ncc(-c2ccccc2)o1. The van der Waals surface area contributed by atoms with Crippen LogP contribution < -0.4 is 15.0 Å². The van der Waals surface area contributed by atoms with Crippen LogP contribution in [0.1, 0.15) is 67.7 Å². The van der Waals surface area contributed by atoms with Crippen LogP contribution in [0.25, 0.3) is 11.3 Å². The Labute approximate surface area is 206 Å². The molecule has 1 aliphatic heterocycles. The lowest BCUT2D eigenvalue weighted by Crippen LogP contribution is -2.31. The molecule has 1 aromatic heterocycles. The molecule has 7 heteroatoms. The molecule has 1 aliphatic rings. The minimum Gasteiger partial charge on any atom is -0.490 e. The van der Waals surface area contributed by atoms with Gasteiger partial charge in [0.05, 0.1) is 18.4 Å². The summed E-state index contributed by atoms with van der Waals surface area (Å²) < 4.78 is 11.8. The van der Waals surface area contributed by atoms with Crippen LogP contribution in [0.4, 0.5) is 5.69 Å². The Morgan fingerprint density at radius 2 is 1.94 bits per heavy atom. The molecule has 7 nitrogen and oxygen atoms in total. The lowest BCUT2D eigenvalue weighted by atomic mass is 10.0. The van der Waals surface area contributed by atoms with Crippen LogP contribution in [0.5, 0.6) is 5.75 Å². The van der Waals surface area contributed by atoms with Crippen LogP contribution in [0.2, 0.25) is 0 Å². The van der Waals surface area contributed by atoms with Gasteiger partial charge in [0.25, 0.3) is 5.91 Å². The van der Waals surface area contributed by atoms with Gasteiger partial charge in [-0.25, -0.2) is 4.98 Å². The van der Waals surface area contributed by atoms with Gasteiger partial charge >= 0.3 is 0 Å². The zero-order valence-corrected chi connectivity index (χ0v) is 20.5. The van der Waals surface area contributed by atoms with Crippen LogP contribution >= 0.6 is 0 Å². The summed E-state index contributed by atoms with van der Waals surface area (Å²) in [5.41, 5.74) is 2.45. The Bertz CT molecular complexity index is 1140. The first-order valence-electron chi connectivity index (χ1n) is 12.4. The Morgan fingerprint density at radius 1 is 1.11 bits per heavy atom. The first-order valence-corrected chi connectivity index (χ1v) is 12.4. The fraction of sp³-hybridized carbons (Fsp3) is 0.393. The summed E-state index contributed by atoms with van der Waals surface area (Å²) in [5, 5.41) is 3.11. The summed E-state index contributed by atoms with van der Waals surface area (Å²) in [6, 6.07) is 14.9. The molecule has 2 aromatic carbocycles. The number of aromatic nitrogens is 1. The quantitative estimate of drug-likeness (QED) is 0.365. The molecule has 184 valence electrons. The molecule has 4 rings (SSSR count). The molecule has 35 heavy (non-hydrogen) atoms. The largest absolute Gasteiger partial charge is 0.490 e. The van der Waals surface area contributed by atoms with E-state index in [0.717, 1.165) is 37.1 Å². The van der Waals surface area contributed by atoms with Gasteiger partial charge in [-0.3, -0.25) is 9.59 Å². The zero-order chi connectivity index (χ0) is 24.6. The molecule has 2 heterocycles. The van der Waals surface area contributed by atoms with Crippen LogP contribution in [0, 0.1) is 0 Å². The maximum absolute atomic E-state index is 13.2. The lowest BCUT2D eigenvalue weighted by molar-refractivity contribution is -0.118. The molecule has 0 bridgehead atoms. The second-order valence-corrected chi connectivity index (χ2v) is 8.90. The van der Waals surface area contributed by atoms with Crippen molar-refractivity contribution in [1.82, 2.24) is 10.3 Å². The summed E-state index contributed by atoms with van der Waals surface area (Å²) in [4.78, 5) is 31.4. The number of anilines is 1. The molecular weight excluding hydrogens is 442 g/mol. The predicted octanol–water partition coefficient (Wildman–Crippen LogP) is 5.57. The summed E-state index contributed by atoms with van der Waals surface area (Å²) in [6.07, 6.45) is 6.17. The molecule has 1 amide bonds. The molecule has 0 saturated heterocycles. The monoisotopic (exact) mass is 475 g/mol. The molecule has 0 radical (unpaired) electrons. The van der Waals surface area contributed by atoms with Crippen LogP contribution in [-0.4, -0.2) is 36.9 Å². The van der Waals surface area contributed by atoms with Crippen molar-refractivity contribution in [1.29, 1.82) is 0 Å². The highest BCUT2D eigenvalue weighted by atomic mass is 16.5. The van der Waals surface area contributed by atoms with Crippen LogP contribution in [0.15, 0.2) is 59.1 Å². The van der Waals surface area contributed by atoms with E-state index < -0.39 is 0 Å². The Kier molecular flexibility index (Phi) is 8.19. The van der Waals surface area contributed by atoms with E-state index in [1.54, 1.807) is 12.3 Å². The molecule has 1 N–H and O–H groups in total. The van der Waals surface area contributed by atoms with Gasteiger partial charge in [0.15, 0.2) is 5.76 Å². The standard InChI is InChI=1S/C28H33N3O4/c1-3-22(32)12-8-5-9-13-23(28-29-19-26(35-28)20-10-6-4-7-11-20)30-27(33)21-14-15-24-25(18-21)34-17-16-31(24)2/h4,6-7,10-11,14-15,18-19,23H,3,5,8-9,12-13,16-17H2,1-2H3,(H,30,33). The molecule has 0 aliphatic carbocycles. The van der Waals surface area contributed by atoms with Crippen molar-refractivity contribution < 1.29 is 18.7 Å². The highest BCUT2D eigenvalue weighted by Gasteiger charge is 2.23. The van der Waals surface area contributed by atoms with E-state index in [0.29, 0.717) is 48.8 Å². The number of hydrogen-bond acceptors (Lipinski definition) is 6. The summed E-state index contributed by atoms with van der Waals surface area (Å²) >= 11 is 0. The van der Waals surface area contributed by atoms with Gasteiger partial charge in [-0.15, -0.1) is 0 Å². The average Bonchev–Trinajstić information content (AvgIpc) is 3.38. The minimum absolute atomic E-state index is 0.199. The second kappa shape index (κ2) is 11.7. The third-order valence-electron chi connectivity index (χ3n) is 6.35. The van der Waals surface area contributed by atoms with Gasteiger partial charge < -0.3 is 19.4 Å². The number of benzene rings is 2. The van der Waals surface area contributed by atoms with Crippen molar-refractivity contribution in [2.24, 2.45) is 0 Å². The smallest absolute Gasteiger partial charge is 0.252 e. The number of nitrogens with zero attached hydrogens (tertiary/aromatic N) is 2. The zero-order valence-electron chi connectivity index (χ0n) is 20.5. The Balaban J connectivity index is 1.47. The normalized spacial score (nSPS) is 13.6. The molecule has 1 atom stereocenters. The van der Waals surface area contributed by atoms with E-state index in [1.165, 1.54) is 0 Å². The number of likely N-dealkylation sites (N-methyl/N-ethyl adjacent to an activating group) is 1. The van der Waals surface area contributed by atoms with E-state index >= 15 is 0 Å². The van der Waals surface area contributed by atoms with Gasteiger partial charge in [0.2, 0.25) is 5.89 Å². The highest BCUT2D eigenvalue weighted by Crippen LogP contribution is 2.32. The molecule has 0 saturated carbocycles. The maximum Gasteiger partial charge on any atom is 0.252 e. The van der Waals surface area contributed by atoms with Gasteiger partial charge in [0.1, 0.15) is 24.2 Å². The summed E-state index contributed by atoms with van der Waals surface area (Å²) in [5.74, 6) is 1.95. The third-order valence-corrected chi connectivity index (χ3v) is 6.35. The number of hydrogen-bond donors (Lipinski definition) is 1. The number of carbonyl (C=O) groups excluding carboxylic acids is 2. The first-order chi connectivity index (χ1) is 17.0. The number of fused-ring (bicyclic) bond motifs is 1. The number of ketones is 1. The summed E-state index contributed by atoms with van der Waals surface area (Å²) in [7, 11) is 2.01. The van der Waals surface area contributed by atoms with E-state index in [1.807, 2.05) is 56.4 Å². The van der Waals surface area contributed by atoms with Gasteiger partial charge in [0, 0.05) is 31.0 Å². The lowest BCUT2D eigenvalue weighted by Gasteiger charge is -2.28. The van der Waals surface area contributed by atoms with Crippen molar-refractivity contribution in [3.63, 3.8) is 0 Å². The Hall–Kier alpha value is -3.61. The number of rotatable bonds is 11. The van der Waals surface area contributed by atoms with Crippen LogP contribution in [0.3, 0.4) is 0 Å². The first kappa shape index (κ1) is 24.5. The van der Waals surface area contributed by atoms with Crippen LogP contribution in [-0.2, 0) is 4.79 Å². The maximum atomic E-state index is 13.2. The topological polar surface area (TPSA) is 84.7 Å². The van der Waals surface area contributed by atoms with Gasteiger partial charge in [-0.2, -0.15) is 0 Å². The minimum atomic E-state index is -0.374. The third kappa shape index (κ3) is 6.29. The highest BCUT2D eigenvalue weighted by molar-refractivity contribution is 5.95. The molecule has 0 fully saturated rings. The molecule has 1 unspecified atom stereocenters. The fourth-order valence-electron chi connectivity index (χ4n) is 4.21. The van der Waals surface area contributed by atoms with E-state index in [4.69, 9.17) is 9.15 Å². The van der Waals surface area contributed by atoms with Crippen molar-refractivity contribution in [2.75, 3.05) is 25.1 Å². The van der Waals surface area contributed by atoms with Crippen molar-refractivity contribution >= 4 is 17.4 Å². The number of amides is 1. The van der Waals surface area contributed by atoms with Gasteiger partial charge in [-0.1, -0.05) is 50.1 Å². The van der Waals surface area contributed by atoms with E-state index in [-0.39, 0.29) is 17.7 Å². The second-order valence-electron chi connectivity index (χ2n) is 8.90. The number of nitrogens with one attached hydrogen (secondary N) is 1. The number of ether oxygens (including phenoxy) is 1. The van der Waals surface area contributed by atoms with Gasteiger partial charge in [-0.05, 0) is 31.0 Å². The Morgan fingerprint density at radius 3 is 2.74 bits per heavy atom. The van der Waals surface area contributed by atoms with Crippen molar-refractivity contribution in [3.8, 4) is 17.1 Å². The average molecular weight is 476 g/mol. The molecule has 0 spiro atoms. The van der Waals surface area contributed by atoms with Crippen molar-refractivity contribution in [3.05, 3.63) is 66.2 Å². The molecular formula is C28H33N3O4.